The maximum Gasteiger partial charge on any atom is 0.279 e. The van der Waals surface area contributed by atoms with Crippen LogP contribution in [-0.2, 0) is 13.5 Å². The van der Waals surface area contributed by atoms with Crippen LogP contribution < -0.4 is 4.80 Å². The number of hydrogen-bond donors (Lipinski definition) is 0. The van der Waals surface area contributed by atoms with Crippen LogP contribution in [0, 0.1) is 13.8 Å². The first-order chi connectivity index (χ1) is 11.0. The molecule has 118 valence electrons. The second-order valence-corrected chi connectivity index (χ2v) is 6.79. The summed E-state index contributed by atoms with van der Waals surface area (Å²) in [4.78, 5) is 17.6. The number of nitrogens with zero attached hydrogens (tertiary/aromatic N) is 2. The number of carbonyl (C=O) groups is 1. The van der Waals surface area contributed by atoms with Crippen molar-refractivity contribution in [2.45, 2.75) is 27.2 Å². The Bertz CT molecular complexity index is 963. The van der Waals surface area contributed by atoms with Gasteiger partial charge in [0.1, 0.15) is 0 Å². The molecule has 0 aliphatic carbocycles. The second-order valence-electron chi connectivity index (χ2n) is 5.78. The van der Waals surface area contributed by atoms with Crippen molar-refractivity contribution in [2.75, 3.05) is 0 Å². The smallest absolute Gasteiger partial charge is 0.279 e. The first kappa shape index (κ1) is 15.7. The number of benzene rings is 2. The Morgan fingerprint density at radius 3 is 2.65 bits per heavy atom. The summed E-state index contributed by atoms with van der Waals surface area (Å²) >= 11 is 1.56. The second kappa shape index (κ2) is 6.13. The molecule has 3 rings (SSSR count). The minimum absolute atomic E-state index is 0.187. The maximum absolute atomic E-state index is 12.5. The molecule has 1 amide bonds. The van der Waals surface area contributed by atoms with Crippen LogP contribution in [0.5, 0.6) is 0 Å². The molecule has 3 nitrogen and oxygen atoms in total. The SMILES string of the molecule is CCc1cccc2sc(=NC(=O)c3ccc(C)c(C)c3)n(C)c12. The Morgan fingerprint density at radius 1 is 1.17 bits per heavy atom. The standard InChI is InChI=1S/C19H20N2OS/c1-5-14-7-6-8-16-17(14)21(4)19(23-16)20-18(22)15-10-9-12(2)13(3)11-15/h6-11H,5H2,1-4H3. The van der Waals surface area contributed by atoms with Crippen molar-refractivity contribution in [1.82, 2.24) is 4.57 Å². The lowest BCUT2D eigenvalue weighted by Crippen LogP contribution is -2.14. The molecule has 0 bridgehead atoms. The van der Waals surface area contributed by atoms with Gasteiger partial charge < -0.3 is 4.57 Å². The number of hydrogen-bond acceptors (Lipinski definition) is 2. The third kappa shape index (κ3) is 2.86. The van der Waals surface area contributed by atoms with Gasteiger partial charge in [-0.3, -0.25) is 4.79 Å². The quantitative estimate of drug-likeness (QED) is 0.697. The summed E-state index contributed by atoms with van der Waals surface area (Å²) in [7, 11) is 1.98. The minimum Gasteiger partial charge on any atom is -0.319 e. The van der Waals surface area contributed by atoms with Crippen molar-refractivity contribution in [3.63, 3.8) is 0 Å². The summed E-state index contributed by atoms with van der Waals surface area (Å²) in [5, 5.41) is 0. The van der Waals surface area contributed by atoms with E-state index in [4.69, 9.17) is 0 Å². The predicted molar refractivity (Wildman–Crippen MR) is 96.0 cm³/mol. The van der Waals surface area contributed by atoms with E-state index in [-0.39, 0.29) is 5.91 Å². The average Bonchev–Trinajstić information content (AvgIpc) is 2.86. The highest BCUT2D eigenvalue weighted by atomic mass is 32.1. The molecule has 0 radical (unpaired) electrons. The topological polar surface area (TPSA) is 34.4 Å². The van der Waals surface area contributed by atoms with Crippen molar-refractivity contribution >= 4 is 27.5 Å². The number of carbonyl (C=O) groups excluding carboxylic acids is 1. The molecule has 0 fully saturated rings. The minimum atomic E-state index is -0.187. The zero-order valence-corrected chi connectivity index (χ0v) is 14.7. The van der Waals surface area contributed by atoms with Crippen LogP contribution in [0.25, 0.3) is 10.2 Å². The fraction of sp³-hybridized carbons (Fsp3) is 0.263. The largest absolute Gasteiger partial charge is 0.319 e. The van der Waals surface area contributed by atoms with E-state index < -0.39 is 0 Å². The molecular weight excluding hydrogens is 304 g/mol. The van der Waals surface area contributed by atoms with Crippen molar-refractivity contribution in [2.24, 2.45) is 12.0 Å². The summed E-state index contributed by atoms with van der Waals surface area (Å²) in [6.45, 7) is 6.20. The molecule has 0 N–H and O–H groups in total. The third-order valence-corrected chi connectivity index (χ3v) is 5.34. The van der Waals surface area contributed by atoms with Gasteiger partial charge >= 0.3 is 0 Å². The molecule has 1 heterocycles. The van der Waals surface area contributed by atoms with Gasteiger partial charge in [-0.2, -0.15) is 4.99 Å². The van der Waals surface area contributed by atoms with Gasteiger partial charge in [-0.25, -0.2) is 0 Å². The lowest BCUT2D eigenvalue weighted by molar-refractivity contribution is 0.0998. The van der Waals surface area contributed by atoms with Gasteiger partial charge in [0.05, 0.1) is 10.2 Å². The molecule has 3 aromatic rings. The van der Waals surface area contributed by atoms with Gasteiger partial charge in [-0.1, -0.05) is 36.5 Å². The number of para-hydroxylation sites is 1. The number of amides is 1. The fourth-order valence-corrected chi connectivity index (χ4v) is 3.77. The molecule has 0 atom stereocenters. The summed E-state index contributed by atoms with van der Waals surface area (Å²) in [5.41, 5.74) is 5.39. The lowest BCUT2D eigenvalue weighted by atomic mass is 10.1. The lowest BCUT2D eigenvalue weighted by Gasteiger charge is -2.02. The van der Waals surface area contributed by atoms with Gasteiger partial charge in [-0.05, 0) is 55.2 Å². The molecule has 23 heavy (non-hydrogen) atoms. The molecule has 0 spiro atoms. The summed E-state index contributed by atoms with van der Waals surface area (Å²) in [5.74, 6) is -0.187. The zero-order valence-electron chi connectivity index (χ0n) is 13.9. The van der Waals surface area contributed by atoms with E-state index in [2.05, 4.69) is 30.1 Å². The molecule has 2 aromatic carbocycles. The number of rotatable bonds is 2. The molecular formula is C19H20N2OS. The van der Waals surface area contributed by atoms with Crippen LogP contribution in [0.1, 0.15) is 34.0 Å². The highest BCUT2D eigenvalue weighted by Crippen LogP contribution is 2.21. The highest BCUT2D eigenvalue weighted by molar-refractivity contribution is 7.16. The summed E-state index contributed by atoms with van der Waals surface area (Å²) in [6, 6.07) is 12.0. The molecule has 0 saturated heterocycles. The first-order valence-corrected chi connectivity index (χ1v) is 8.56. The van der Waals surface area contributed by atoms with E-state index in [1.165, 1.54) is 21.3 Å². The van der Waals surface area contributed by atoms with Crippen molar-refractivity contribution in [3.8, 4) is 0 Å². The monoisotopic (exact) mass is 324 g/mol. The average molecular weight is 324 g/mol. The first-order valence-electron chi connectivity index (χ1n) is 7.75. The molecule has 0 aliphatic rings. The van der Waals surface area contributed by atoms with E-state index in [1.54, 1.807) is 11.3 Å². The van der Waals surface area contributed by atoms with Crippen molar-refractivity contribution < 1.29 is 4.79 Å². The Balaban J connectivity index is 2.12. The van der Waals surface area contributed by atoms with Crippen LogP contribution in [0.3, 0.4) is 0 Å². The van der Waals surface area contributed by atoms with Crippen molar-refractivity contribution in [3.05, 3.63) is 63.5 Å². The third-order valence-electron chi connectivity index (χ3n) is 4.24. The molecule has 0 aliphatic heterocycles. The van der Waals surface area contributed by atoms with Crippen LogP contribution in [0.15, 0.2) is 41.4 Å². The van der Waals surface area contributed by atoms with Gasteiger partial charge in [0.15, 0.2) is 4.80 Å². The van der Waals surface area contributed by atoms with E-state index >= 15 is 0 Å². The molecule has 0 unspecified atom stereocenters. The number of aryl methyl sites for hydroxylation is 4. The van der Waals surface area contributed by atoms with Gasteiger partial charge in [-0.15, -0.1) is 0 Å². The Labute approximate surface area is 139 Å². The number of aromatic nitrogens is 1. The Morgan fingerprint density at radius 2 is 1.96 bits per heavy atom. The van der Waals surface area contributed by atoms with E-state index in [1.807, 2.05) is 43.7 Å². The predicted octanol–water partition coefficient (Wildman–Crippen LogP) is 4.16. The van der Waals surface area contributed by atoms with Gasteiger partial charge in [0.25, 0.3) is 5.91 Å². The summed E-state index contributed by atoms with van der Waals surface area (Å²) < 4.78 is 3.19. The molecule has 1 aromatic heterocycles. The maximum atomic E-state index is 12.5. The Hall–Kier alpha value is -2.20. The van der Waals surface area contributed by atoms with Gasteiger partial charge in [0, 0.05) is 12.6 Å². The van der Waals surface area contributed by atoms with Crippen molar-refractivity contribution in [1.29, 1.82) is 0 Å². The fourth-order valence-electron chi connectivity index (χ4n) is 2.70. The van der Waals surface area contributed by atoms with Crippen LogP contribution in [-0.4, -0.2) is 10.5 Å². The highest BCUT2D eigenvalue weighted by Gasteiger charge is 2.10. The molecule has 0 saturated carbocycles. The normalized spacial score (nSPS) is 12.1. The zero-order chi connectivity index (χ0) is 16.6. The Kier molecular flexibility index (Phi) is 4.18. The van der Waals surface area contributed by atoms with E-state index in [0.717, 1.165) is 16.8 Å². The number of thiazole rings is 1. The molecule has 4 heteroatoms. The van der Waals surface area contributed by atoms with Crippen LogP contribution in [0.2, 0.25) is 0 Å². The summed E-state index contributed by atoms with van der Waals surface area (Å²) in [6.07, 6.45) is 0.965. The van der Waals surface area contributed by atoms with E-state index in [9.17, 15) is 4.79 Å². The van der Waals surface area contributed by atoms with E-state index in [0.29, 0.717) is 5.56 Å². The number of fused-ring (bicyclic) bond motifs is 1. The van der Waals surface area contributed by atoms with Crippen LogP contribution >= 0.6 is 11.3 Å². The van der Waals surface area contributed by atoms with Gasteiger partial charge in [0.2, 0.25) is 0 Å². The van der Waals surface area contributed by atoms with Crippen LogP contribution in [0.4, 0.5) is 0 Å².